The van der Waals surface area contributed by atoms with Crippen LogP contribution in [0.2, 0.25) is 0 Å². The van der Waals surface area contributed by atoms with Crippen molar-refractivity contribution in [1.82, 2.24) is 5.32 Å². The van der Waals surface area contributed by atoms with Crippen molar-refractivity contribution in [3.63, 3.8) is 0 Å². The Morgan fingerprint density at radius 1 is 1.08 bits per heavy atom. The summed E-state index contributed by atoms with van der Waals surface area (Å²) in [6.07, 6.45) is 7.66. The molecular formula is C11H23NO. The summed E-state index contributed by atoms with van der Waals surface area (Å²) in [7, 11) is 1.88. The summed E-state index contributed by atoms with van der Waals surface area (Å²) >= 11 is 0. The van der Waals surface area contributed by atoms with E-state index in [0.717, 1.165) is 19.4 Å². The van der Waals surface area contributed by atoms with Crippen molar-refractivity contribution < 1.29 is 4.79 Å². The molecule has 0 heterocycles. The highest BCUT2D eigenvalue weighted by molar-refractivity contribution is 5.78. The largest absolute Gasteiger partial charge is 0.319 e. The van der Waals surface area contributed by atoms with E-state index in [-0.39, 0.29) is 0 Å². The molecule has 0 rings (SSSR count). The zero-order valence-corrected chi connectivity index (χ0v) is 9.07. The summed E-state index contributed by atoms with van der Waals surface area (Å²) in [5.41, 5.74) is 0. The number of hydrogen-bond acceptors (Lipinski definition) is 2. The van der Waals surface area contributed by atoms with Gasteiger partial charge in [0.25, 0.3) is 0 Å². The van der Waals surface area contributed by atoms with Crippen LogP contribution in [0.4, 0.5) is 0 Å². The number of carbonyl (C=O) groups excluding carboxylic acids is 1. The van der Waals surface area contributed by atoms with Crippen LogP contribution in [-0.2, 0) is 4.79 Å². The summed E-state index contributed by atoms with van der Waals surface area (Å²) in [4.78, 5) is 11.2. The highest BCUT2D eigenvalue weighted by Gasteiger charge is 1.99. The summed E-state index contributed by atoms with van der Waals surface area (Å²) in [6, 6.07) is 0. The van der Waals surface area contributed by atoms with Gasteiger partial charge in [0, 0.05) is 19.4 Å². The van der Waals surface area contributed by atoms with E-state index in [1.165, 1.54) is 25.7 Å². The van der Waals surface area contributed by atoms with Crippen LogP contribution in [0.3, 0.4) is 0 Å². The van der Waals surface area contributed by atoms with E-state index < -0.39 is 0 Å². The fourth-order valence-electron chi connectivity index (χ4n) is 1.32. The van der Waals surface area contributed by atoms with Gasteiger partial charge in [-0.05, 0) is 13.5 Å². The predicted octanol–water partition coefficient (Wildman–Crippen LogP) is 2.53. The third kappa shape index (κ3) is 9.54. The van der Waals surface area contributed by atoms with Gasteiger partial charge in [-0.25, -0.2) is 0 Å². The van der Waals surface area contributed by atoms with Crippen LogP contribution in [0.25, 0.3) is 0 Å². The maximum atomic E-state index is 11.2. The van der Waals surface area contributed by atoms with Crippen LogP contribution in [0.1, 0.15) is 51.9 Å². The highest BCUT2D eigenvalue weighted by atomic mass is 16.1. The Bertz CT molecular complexity index is 123. The Labute approximate surface area is 82.1 Å². The number of carbonyl (C=O) groups is 1. The maximum absolute atomic E-state index is 11.2. The molecule has 0 saturated carbocycles. The molecule has 0 aromatic carbocycles. The Kier molecular flexibility index (Phi) is 9.44. The molecule has 0 aliphatic heterocycles. The van der Waals surface area contributed by atoms with Gasteiger partial charge >= 0.3 is 0 Å². The fourth-order valence-corrected chi connectivity index (χ4v) is 1.32. The minimum absolute atomic E-state index is 0.408. The minimum atomic E-state index is 0.408. The number of nitrogens with one attached hydrogen (secondary N) is 1. The average molecular weight is 185 g/mol. The lowest BCUT2D eigenvalue weighted by Gasteiger charge is -2.00. The molecule has 78 valence electrons. The minimum Gasteiger partial charge on any atom is -0.319 e. The average Bonchev–Trinajstić information content (AvgIpc) is 2.14. The number of Topliss-reactive ketones (excluding diaryl/α,β-unsaturated/α-hetero) is 1. The Morgan fingerprint density at radius 3 is 2.38 bits per heavy atom. The molecule has 1 N–H and O–H groups in total. The van der Waals surface area contributed by atoms with Gasteiger partial charge in [-0.15, -0.1) is 0 Å². The molecule has 0 fully saturated rings. The molecule has 0 atom stereocenters. The SMILES string of the molecule is CCCCCCCC(=O)CCNC. The van der Waals surface area contributed by atoms with Crippen molar-refractivity contribution in [1.29, 1.82) is 0 Å². The van der Waals surface area contributed by atoms with E-state index >= 15 is 0 Å². The van der Waals surface area contributed by atoms with Gasteiger partial charge in [0.15, 0.2) is 0 Å². The van der Waals surface area contributed by atoms with Crippen molar-refractivity contribution in [2.45, 2.75) is 51.9 Å². The van der Waals surface area contributed by atoms with Crippen molar-refractivity contribution in [2.24, 2.45) is 0 Å². The molecule has 0 radical (unpaired) electrons. The van der Waals surface area contributed by atoms with Gasteiger partial charge in [0.1, 0.15) is 5.78 Å². The van der Waals surface area contributed by atoms with E-state index in [2.05, 4.69) is 12.2 Å². The quantitative estimate of drug-likeness (QED) is 0.559. The zero-order chi connectivity index (χ0) is 9.94. The van der Waals surface area contributed by atoms with Crippen molar-refractivity contribution >= 4 is 5.78 Å². The molecular weight excluding hydrogens is 162 g/mol. The third-order valence-electron chi connectivity index (χ3n) is 2.21. The number of hydrogen-bond donors (Lipinski definition) is 1. The van der Waals surface area contributed by atoms with Gasteiger partial charge in [0.2, 0.25) is 0 Å². The fraction of sp³-hybridized carbons (Fsp3) is 0.909. The molecule has 0 aromatic rings. The molecule has 0 unspecified atom stereocenters. The van der Waals surface area contributed by atoms with Crippen molar-refractivity contribution in [2.75, 3.05) is 13.6 Å². The van der Waals surface area contributed by atoms with Crippen LogP contribution in [0, 0.1) is 0 Å². The third-order valence-corrected chi connectivity index (χ3v) is 2.21. The van der Waals surface area contributed by atoms with Gasteiger partial charge in [0.05, 0.1) is 0 Å². The van der Waals surface area contributed by atoms with Crippen molar-refractivity contribution in [3.05, 3.63) is 0 Å². The molecule has 0 aromatic heterocycles. The van der Waals surface area contributed by atoms with E-state index in [4.69, 9.17) is 0 Å². The summed E-state index contributed by atoms with van der Waals surface area (Å²) < 4.78 is 0. The van der Waals surface area contributed by atoms with Crippen molar-refractivity contribution in [3.8, 4) is 0 Å². The number of rotatable bonds is 9. The standard InChI is InChI=1S/C11H23NO/c1-3-4-5-6-7-8-11(13)9-10-12-2/h12H,3-10H2,1-2H3. The van der Waals surface area contributed by atoms with Crippen LogP contribution in [0.15, 0.2) is 0 Å². The van der Waals surface area contributed by atoms with E-state index in [1.807, 2.05) is 7.05 Å². The Hall–Kier alpha value is -0.370. The first-order valence-electron chi connectivity index (χ1n) is 5.47. The first-order chi connectivity index (χ1) is 6.31. The van der Waals surface area contributed by atoms with E-state index in [1.54, 1.807) is 0 Å². The lowest BCUT2D eigenvalue weighted by Crippen LogP contribution is -2.12. The van der Waals surface area contributed by atoms with Gasteiger partial charge in [-0.3, -0.25) is 4.79 Å². The van der Waals surface area contributed by atoms with Gasteiger partial charge < -0.3 is 5.32 Å². The van der Waals surface area contributed by atoms with E-state index in [0.29, 0.717) is 12.2 Å². The smallest absolute Gasteiger partial charge is 0.134 e. The second-order valence-electron chi connectivity index (χ2n) is 3.56. The Balaban J connectivity index is 3.08. The topological polar surface area (TPSA) is 29.1 Å². The van der Waals surface area contributed by atoms with Crippen LogP contribution >= 0.6 is 0 Å². The summed E-state index contributed by atoms with van der Waals surface area (Å²) in [5, 5.41) is 2.99. The van der Waals surface area contributed by atoms with Gasteiger partial charge in [-0.1, -0.05) is 32.6 Å². The molecule has 0 spiro atoms. The van der Waals surface area contributed by atoms with E-state index in [9.17, 15) is 4.79 Å². The zero-order valence-electron chi connectivity index (χ0n) is 9.07. The van der Waals surface area contributed by atoms with Crippen LogP contribution < -0.4 is 5.32 Å². The molecule has 13 heavy (non-hydrogen) atoms. The number of unbranched alkanes of at least 4 members (excludes halogenated alkanes) is 4. The molecule has 0 amide bonds. The maximum Gasteiger partial charge on any atom is 0.134 e. The molecule has 2 heteroatoms. The first-order valence-corrected chi connectivity index (χ1v) is 5.47. The lowest BCUT2D eigenvalue weighted by atomic mass is 10.1. The van der Waals surface area contributed by atoms with Gasteiger partial charge in [-0.2, -0.15) is 0 Å². The molecule has 2 nitrogen and oxygen atoms in total. The Morgan fingerprint density at radius 2 is 1.77 bits per heavy atom. The monoisotopic (exact) mass is 185 g/mol. The second-order valence-corrected chi connectivity index (χ2v) is 3.56. The highest BCUT2D eigenvalue weighted by Crippen LogP contribution is 2.05. The summed E-state index contributed by atoms with van der Waals surface area (Å²) in [5.74, 6) is 0.408. The molecule has 0 saturated heterocycles. The molecule has 0 aliphatic carbocycles. The second kappa shape index (κ2) is 9.72. The van der Waals surface area contributed by atoms with Crippen LogP contribution in [-0.4, -0.2) is 19.4 Å². The lowest BCUT2D eigenvalue weighted by molar-refractivity contribution is -0.119. The predicted molar refractivity (Wildman–Crippen MR) is 56.9 cm³/mol. The first kappa shape index (κ1) is 12.6. The number of ketones is 1. The molecule has 0 bridgehead atoms. The molecule has 0 aliphatic rings. The normalized spacial score (nSPS) is 10.3. The summed E-state index contributed by atoms with van der Waals surface area (Å²) in [6.45, 7) is 3.03. The van der Waals surface area contributed by atoms with Crippen LogP contribution in [0.5, 0.6) is 0 Å².